The summed E-state index contributed by atoms with van der Waals surface area (Å²) in [5.74, 6) is 0. The van der Waals surface area contributed by atoms with Crippen molar-refractivity contribution < 1.29 is 9.53 Å². The van der Waals surface area contributed by atoms with Crippen molar-refractivity contribution in [1.29, 1.82) is 0 Å². The summed E-state index contributed by atoms with van der Waals surface area (Å²) in [6.45, 7) is 12.5. The molecule has 0 saturated carbocycles. The third-order valence-electron chi connectivity index (χ3n) is 4.53. The zero-order valence-corrected chi connectivity index (χ0v) is 21.8. The van der Waals surface area contributed by atoms with E-state index in [0.29, 0.717) is 8.56 Å². The van der Waals surface area contributed by atoms with Crippen LogP contribution in [0, 0.1) is 0 Å². The fraction of sp³-hybridized carbons (Fsp3) is 0.810. The van der Waals surface area contributed by atoms with Crippen LogP contribution < -0.4 is 8.21 Å². The Hall–Kier alpha value is -0.301. The van der Waals surface area contributed by atoms with Crippen molar-refractivity contribution in [3.8, 4) is 0 Å². The molecule has 0 aliphatic rings. The predicted octanol–water partition coefficient (Wildman–Crippen LogP) is 6.55. The zero-order chi connectivity index (χ0) is 20.3. The van der Waals surface area contributed by atoms with Crippen molar-refractivity contribution in [2.45, 2.75) is 108 Å². The number of anilines is 1. The van der Waals surface area contributed by atoms with Gasteiger partial charge in [0.25, 0.3) is 0 Å². The summed E-state index contributed by atoms with van der Waals surface area (Å²) in [5.41, 5.74) is -0.490. The van der Waals surface area contributed by atoms with E-state index in [-0.39, 0.29) is 0 Å². The molecular formula is C21H38N2O2SSn. The Labute approximate surface area is 180 Å². The van der Waals surface area contributed by atoms with Crippen LogP contribution in [-0.2, 0) is 4.74 Å². The number of hydrogen-bond donors (Lipinski definition) is 1. The molecule has 6 heteroatoms. The first-order valence-corrected chi connectivity index (χ1v) is 14.1. The van der Waals surface area contributed by atoms with Gasteiger partial charge >= 0.3 is 181 Å². The maximum atomic E-state index is 12.0. The molecule has 0 fully saturated rings. The van der Waals surface area contributed by atoms with Gasteiger partial charge in [-0.2, -0.15) is 0 Å². The molecule has 0 bridgehead atoms. The van der Waals surface area contributed by atoms with Gasteiger partial charge < -0.3 is 0 Å². The monoisotopic (exact) mass is 502 g/mol. The molecule has 1 amide bonds. The molecule has 0 aliphatic carbocycles. The number of nitrogens with one attached hydrogen (secondary N) is 1. The summed E-state index contributed by atoms with van der Waals surface area (Å²) < 4.78 is 7.32. The van der Waals surface area contributed by atoms with Crippen molar-refractivity contribution in [3.63, 3.8) is 0 Å². The minimum atomic E-state index is -0.788. The molecule has 0 unspecified atom stereocenters. The van der Waals surface area contributed by atoms with Crippen molar-refractivity contribution in [3.05, 3.63) is 6.20 Å². The molecule has 0 spiro atoms. The quantitative estimate of drug-likeness (QED) is 0.331. The van der Waals surface area contributed by atoms with Crippen LogP contribution in [0.4, 0.5) is 9.93 Å². The van der Waals surface area contributed by atoms with Gasteiger partial charge in [-0.3, -0.25) is 0 Å². The van der Waals surface area contributed by atoms with Crippen LogP contribution in [0.5, 0.6) is 0 Å². The Kier molecular flexibility index (Phi) is 11.3. The molecule has 0 aliphatic heterocycles. The van der Waals surface area contributed by atoms with E-state index < -0.39 is 32.8 Å². The molecule has 4 nitrogen and oxygen atoms in total. The molecule has 0 saturated heterocycles. The molecule has 0 aromatic carbocycles. The van der Waals surface area contributed by atoms with Crippen LogP contribution >= 0.6 is 11.3 Å². The van der Waals surface area contributed by atoms with Crippen molar-refractivity contribution in [2.24, 2.45) is 0 Å². The van der Waals surface area contributed by atoms with Gasteiger partial charge in [0.2, 0.25) is 0 Å². The van der Waals surface area contributed by atoms with E-state index in [1.807, 2.05) is 27.0 Å². The number of rotatable bonds is 12. The number of ether oxygens (including phenoxy) is 1. The average Bonchev–Trinajstić information content (AvgIpc) is 3.00. The van der Waals surface area contributed by atoms with Crippen molar-refractivity contribution in [2.75, 3.05) is 5.32 Å². The van der Waals surface area contributed by atoms with E-state index in [1.165, 1.54) is 60.7 Å². The first-order valence-electron chi connectivity index (χ1n) is 10.5. The first kappa shape index (κ1) is 24.7. The summed E-state index contributed by atoms with van der Waals surface area (Å²) in [6.07, 6.45) is 13.5. The van der Waals surface area contributed by atoms with Crippen LogP contribution in [0.2, 0.25) is 3.43 Å². The number of nitrogens with zero attached hydrogens (tertiary/aromatic N) is 1. The third kappa shape index (κ3) is 10.2. The van der Waals surface area contributed by atoms with Gasteiger partial charge in [0.1, 0.15) is 0 Å². The molecule has 1 heterocycles. The summed E-state index contributed by atoms with van der Waals surface area (Å²) in [7, 11) is 0. The number of hydrogen-bond acceptors (Lipinski definition) is 4. The molecule has 0 atom stereocenters. The normalized spacial score (nSPS) is 12.2. The third-order valence-corrected chi connectivity index (χ3v) is 11.5. The van der Waals surface area contributed by atoms with Crippen LogP contribution in [0.3, 0.4) is 0 Å². The summed E-state index contributed by atoms with van der Waals surface area (Å²) >= 11 is 0.879. The molecule has 1 aromatic heterocycles. The Bertz CT molecular complexity index is 533. The first-order chi connectivity index (χ1) is 12.7. The van der Waals surface area contributed by atoms with Gasteiger partial charge in [-0.15, -0.1) is 0 Å². The van der Waals surface area contributed by atoms with Crippen molar-refractivity contribution >= 4 is 46.6 Å². The molecule has 154 valence electrons. The summed E-state index contributed by atoms with van der Waals surface area (Å²) in [5, 5.41) is 3.48. The molecule has 1 N–H and O–H groups in total. The Morgan fingerprint density at radius 3 is 2.04 bits per heavy atom. The van der Waals surface area contributed by atoms with Gasteiger partial charge in [-0.1, -0.05) is 0 Å². The maximum absolute atomic E-state index is 12.0. The van der Waals surface area contributed by atoms with Gasteiger partial charge in [0, 0.05) is 0 Å². The van der Waals surface area contributed by atoms with E-state index >= 15 is 0 Å². The summed E-state index contributed by atoms with van der Waals surface area (Å²) in [6, 6.07) is 0. The standard InChI is InChI=1S/C13H27.C8H11N2O2S.Sn/c1-4-7-10-13(11-8-5-2)12-9-6-3;1-8(2,3)12-7(11)10-6-9-4-5-13-6;/h4-12H2,1-3H3;4H,1-3H3,(H,9,10,11);. The number of aromatic nitrogens is 1. The van der Waals surface area contributed by atoms with E-state index in [0.717, 1.165) is 0 Å². The van der Waals surface area contributed by atoms with E-state index in [1.54, 1.807) is 11.3 Å². The van der Waals surface area contributed by atoms with Crippen LogP contribution in [-0.4, -0.2) is 37.8 Å². The van der Waals surface area contributed by atoms with Gasteiger partial charge in [0.05, 0.1) is 0 Å². The molecule has 1 aromatic rings. The van der Waals surface area contributed by atoms with Gasteiger partial charge in [0.15, 0.2) is 0 Å². The Morgan fingerprint density at radius 2 is 1.59 bits per heavy atom. The average molecular weight is 501 g/mol. The summed E-state index contributed by atoms with van der Waals surface area (Å²) in [4.78, 5) is 16.5. The number of carbonyl (C=O) groups excluding carboxylic acids is 1. The predicted molar refractivity (Wildman–Crippen MR) is 119 cm³/mol. The Balaban J connectivity index is 2.84. The van der Waals surface area contributed by atoms with E-state index in [4.69, 9.17) is 4.74 Å². The van der Waals surface area contributed by atoms with Gasteiger partial charge in [-0.05, 0) is 0 Å². The Morgan fingerprint density at radius 1 is 1.07 bits per heavy atom. The second-order valence-corrected chi connectivity index (χ2v) is 15.7. The second kappa shape index (κ2) is 12.3. The van der Waals surface area contributed by atoms with Crippen LogP contribution in [0.1, 0.15) is 99.3 Å². The fourth-order valence-corrected chi connectivity index (χ4v) is 10.9. The van der Waals surface area contributed by atoms with Crippen LogP contribution in [0.25, 0.3) is 0 Å². The number of unbranched alkanes of at least 4 members (excludes halogenated alkanes) is 3. The van der Waals surface area contributed by atoms with Gasteiger partial charge in [-0.25, -0.2) is 0 Å². The second-order valence-electron chi connectivity index (χ2n) is 8.37. The zero-order valence-electron chi connectivity index (χ0n) is 18.1. The van der Waals surface area contributed by atoms with Crippen LogP contribution in [0.15, 0.2) is 6.20 Å². The molecule has 2 radical (unpaired) electrons. The number of carbonyl (C=O) groups is 1. The fourth-order valence-electron chi connectivity index (χ4n) is 3.15. The molecular weight excluding hydrogens is 463 g/mol. The SMILES string of the molecule is CCCC[C](CCCC)(CCCC)[Sn][c]1cnc(NC(=O)OC(C)(C)C)s1. The van der Waals surface area contributed by atoms with E-state index in [9.17, 15) is 4.79 Å². The molecule has 1 rings (SSSR count). The molecule has 27 heavy (non-hydrogen) atoms. The minimum absolute atomic E-state index is 0.414. The number of amides is 1. The van der Waals surface area contributed by atoms with E-state index in [2.05, 4.69) is 31.1 Å². The topological polar surface area (TPSA) is 51.2 Å². The van der Waals surface area contributed by atoms with Crippen molar-refractivity contribution in [1.82, 2.24) is 4.98 Å². The number of thiazole rings is 1.